The molecule has 0 saturated carbocycles. The van der Waals surface area contributed by atoms with Gasteiger partial charge < -0.3 is 19.3 Å². The van der Waals surface area contributed by atoms with Gasteiger partial charge in [0, 0.05) is 62.9 Å². The smallest absolute Gasteiger partial charge is 0.213 e. The molecule has 334 valence electrons. The Labute approximate surface area is 360 Å². The number of sulfone groups is 1. The third-order valence-electron chi connectivity index (χ3n) is 13.5. The number of benzene rings is 2. The number of piperazine rings is 1. The Kier molecular flexibility index (Phi) is 18.1. The summed E-state index contributed by atoms with van der Waals surface area (Å²) < 4.78 is 71.5. The van der Waals surface area contributed by atoms with E-state index in [9.17, 15) is 8.42 Å². The highest BCUT2D eigenvalue weighted by Crippen LogP contribution is 2.40. The average molecular weight is 854 g/mol. The van der Waals surface area contributed by atoms with Crippen molar-refractivity contribution in [2.24, 2.45) is 0 Å². The van der Waals surface area contributed by atoms with Gasteiger partial charge in [-0.1, -0.05) is 97.3 Å². The molecule has 3 aromatic rings. The number of nitrogens with zero attached hydrogens (tertiary/aromatic N) is 5. The van der Waals surface area contributed by atoms with Crippen LogP contribution in [0.2, 0.25) is 0 Å². The quantitative estimate of drug-likeness (QED) is 0.0867. The molecule has 60 heavy (non-hydrogen) atoms. The Bertz CT molecular complexity index is 1880. The summed E-state index contributed by atoms with van der Waals surface area (Å²) in [6.45, 7) is 13.7. The van der Waals surface area contributed by atoms with Crippen molar-refractivity contribution >= 4 is 26.4 Å². The number of methoxy groups -OCH3 is 1. The largest absolute Gasteiger partial charge is 0.497 e. The summed E-state index contributed by atoms with van der Waals surface area (Å²) in [6, 6.07) is 8.83. The predicted octanol–water partition coefficient (Wildman–Crippen LogP) is 10.3. The molecule has 3 aliphatic heterocycles. The van der Waals surface area contributed by atoms with Crippen molar-refractivity contribution < 1.29 is 26.7 Å². The molecule has 9 nitrogen and oxygen atoms in total. The number of piperidine rings is 2. The van der Waals surface area contributed by atoms with Crippen LogP contribution in [0.5, 0.6) is 11.5 Å². The molecule has 6 rings (SSSR count). The lowest BCUT2D eigenvalue weighted by Crippen LogP contribution is -2.56. The molecule has 3 saturated heterocycles. The fraction of sp³-hybridized carbons (Fsp3) is 0.688. The van der Waals surface area contributed by atoms with Gasteiger partial charge in [0.2, 0.25) is 15.7 Å². The van der Waals surface area contributed by atoms with E-state index in [2.05, 4.69) is 38.4 Å². The number of anilines is 1. The van der Waals surface area contributed by atoms with Crippen LogP contribution in [0, 0.1) is 11.6 Å². The summed E-state index contributed by atoms with van der Waals surface area (Å²) in [5.74, 6) is -2.43. The van der Waals surface area contributed by atoms with Crippen molar-refractivity contribution in [3.05, 3.63) is 48.2 Å². The fourth-order valence-electron chi connectivity index (χ4n) is 9.74. The van der Waals surface area contributed by atoms with Crippen LogP contribution in [0.15, 0.2) is 46.3 Å². The molecule has 0 amide bonds. The van der Waals surface area contributed by atoms with E-state index >= 15 is 8.78 Å². The molecule has 12 heteroatoms. The molecule has 0 radical (unpaired) electrons. The number of hydrogen-bond donors (Lipinski definition) is 0. The first-order chi connectivity index (χ1) is 29.2. The SMILES string of the molecule is CCCCCCCCCCCCCCCCOc1ccc(S(=O)(=O)c2cnc3ccc(OC)cc3c2N2CCC(N3CCN(C4CCN(CC)CC4)CC3)CC2)c(F)c1F. The van der Waals surface area contributed by atoms with Crippen molar-refractivity contribution in [2.75, 3.05) is 77.5 Å². The summed E-state index contributed by atoms with van der Waals surface area (Å²) in [5, 5.41) is 0.602. The van der Waals surface area contributed by atoms with E-state index in [0.29, 0.717) is 47.5 Å². The van der Waals surface area contributed by atoms with E-state index < -0.39 is 26.4 Å². The topological polar surface area (TPSA) is 78.4 Å². The molecular weight excluding hydrogens is 781 g/mol. The molecule has 0 bridgehead atoms. The molecule has 0 spiro atoms. The Hall–Kier alpha value is -3.06. The van der Waals surface area contributed by atoms with Gasteiger partial charge in [-0.3, -0.25) is 14.8 Å². The molecular formula is C48H73F2N5O4S. The number of aromatic nitrogens is 1. The van der Waals surface area contributed by atoms with Gasteiger partial charge >= 0.3 is 0 Å². The second-order valence-electron chi connectivity index (χ2n) is 17.4. The number of pyridine rings is 1. The highest BCUT2D eigenvalue weighted by Gasteiger charge is 2.35. The molecule has 0 N–H and O–H groups in total. The van der Waals surface area contributed by atoms with Gasteiger partial charge in [-0.2, -0.15) is 4.39 Å². The van der Waals surface area contributed by atoms with Gasteiger partial charge in [0.1, 0.15) is 15.5 Å². The number of fused-ring (bicyclic) bond motifs is 1. The van der Waals surface area contributed by atoms with Gasteiger partial charge in [0.05, 0.1) is 24.9 Å². The van der Waals surface area contributed by atoms with Crippen molar-refractivity contribution in [1.29, 1.82) is 0 Å². The zero-order chi connectivity index (χ0) is 42.3. The summed E-state index contributed by atoms with van der Waals surface area (Å²) in [7, 11) is -2.98. The van der Waals surface area contributed by atoms with Crippen LogP contribution in [0.25, 0.3) is 10.9 Å². The Balaban J connectivity index is 1.04. The van der Waals surface area contributed by atoms with Crippen LogP contribution in [0.1, 0.15) is 129 Å². The summed E-state index contributed by atoms with van der Waals surface area (Å²) in [5.41, 5.74) is 1.06. The highest BCUT2D eigenvalue weighted by molar-refractivity contribution is 7.91. The van der Waals surface area contributed by atoms with Gasteiger partial charge in [-0.05, 0) is 82.1 Å². The van der Waals surface area contributed by atoms with Crippen LogP contribution in [0.3, 0.4) is 0 Å². The lowest BCUT2D eigenvalue weighted by atomic mass is 9.99. The molecule has 1 aromatic heterocycles. The number of ether oxygens (including phenoxy) is 2. The first kappa shape index (κ1) is 46.4. The molecule has 0 unspecified atom stereocenters. The van der Waals surface area contributed by atoms with Crippen molar-refractivity contribution in [3.8, 4) is 11.5 Å². The van der Waals surface area contributed by atoms with Crippen LogP contribution >= 0.6 is 0 Å². The monoisotopic (exact) mass is 854 g/mol. The van der Waals surface area contributed by atoms with E-state index in [0.717, 1.165) is 70.9 Å². The number of halogens is 2. The van der Waals surface area contributed by atoms with E-state index in [1.54, 1.807) is 25.3 Å². The van der Waals surface area contributed by atoms with Crippen molar-refractivity contribution in [2.45, 2.75) is 151 Å². The minimum Gasteiger partial charge on any atom is -0.497 e. The number of hydrogen-bond acceptors (Lipinski definition) is 9. The van der Waals surface area contributed by atoms with Crippen LogP contribution in [-0.2, 0) is 9.84 Å². The molecule has 4 heterocycles. The van der Waals surface area contributed by atoms with Crippen molar-refractivity contribution in [1.82, 2.24) is 19.7 Å². The zero-order valence-electron chi connectivity index (χ0n) is 37.0. The third kappa shape index (κ3) is 12.1. The number of rotatable bonds is 23. The maximum atomic E-state index is 15.9. The second-order valence-corrected chi connectivity index (χ2v) is 19.3. The molecule has 3 fully saturated rings. The van der Waals surface area contributed by atoms with E-state index in [4.69, 9.17) is 9.47 Å². The Morgan fingerprint density at radius 1 is 0.667 bits per heavy atom. The van der Waals surface area contributed by atoms with Gasteiger partial charge in [0.25, 0.3) is 0 Å². The maximum Gasteiger partial charge on any atom is 0.213 e. The van der Waals surface area contributed by atoms with E-state index in [1.807, 2.05) is 0 Å². The Morgan fingerprint density at radius 2 is 1.22 bits per heavy atom. The summed E-state index contributed by atoms with van der Waals surface area (Å²) in [6.07, 6.45) is 22.7. The predicted molar refractivity (Wildman–Crippen MR) is 239 cm³/mol. The zero-order valence-corrected chi connectivity index (χ0v) is 37.8. The fourth-order valence-corrected chi connectivity index (χ4v) is 11.2. The van der Waals surface area contributed by atoms with E-state index in [1.165, 1.54) is 109 Å². The lowest BCUT2D eigenvalue weighted by molar-refractivity contribution is 0.0384. The van der Waals surface area contributed by atoms with Gasteiger partial charge in [0.15, 0.2) is 11.6 Å². The first-order valence-electron chi connectivity index (χ1n) is 23.5. The molecule has 0 atom stereocenters. The molecule has 3 aliphatic rings. The Morgan fingerprint density at radius 3 is 1.77 bits per heavy atom. The number of unbranched alkanes of at least 4 members (excludes halogenated alkanes) is 13. The normalized spacial score (nSPS) is 18.1. The average Bonchev–Trinajstić information content (AvgIpc) is 3.28. The van der Waals surface area contributed by atoms with Gasteiger partial charge in [-0.15, -0.1) is 0 Å². The molecule has 2 aromatic carbocycles. The van der Waals surface area contributed by atoms with Crippen LogP contribution in [-0.4, -0.2) is 113 Å². The lowest BCUT2D eigenvalue weighted by Gasteiger charge is -2.46. The molecule has 0 aliphatic carbocycles. The third-order valence-corrected chi connectivity index (χ3v) is 15.3. The van der Waals surface area contributed by atoms with Gasteiger partial charge in [-0.25, -0.2) is 12.8 Å². The van der Waals surface area contributed by atoms with Crippen LogP contribution in [0.4, 0.5) is 14.5 Å². The maximum absolute atomic E-state index is 15.9. The summed E-state index contributed by atoms with van der Waals surface area (Å²) in [4.78, 5) is 13.6. The minimum atomic E-state index is -4.54. The van der Waals surface area contributed by atoms with Crippen molar-refractivity contribution in [3.63, 3.8) is 0 Å². The minimum absolute atomic E-state index is 0.140. The second kappa shape index (κ2) is 23.4. The summed E-state index contributed by atoms with van der Waals surface area (Å²) >= 11 is 0. The van der Waals surface area contributed by atoms with E-state index in [-0.39, 0.29) is 17.3 Å². The number of likely N-dealkylation sites (tertiary alicyclic amines) is 1. The standard InChI is InChI=1S/C48H73F2N5O4S/c1-4-6-7-8-9-10-11-12-13-14-15-16-17-18-35-59-43-21-22-44(47(50)46(43)49)60(56,57)45-37-51-42-20-19-40(58-3)36-41(42)48(45)55-29-25-39(26-30-55)54-33-31-53(32-34-54)38-23-27-52(5-2)28-24-38/h19-22,36-39H,4-18,23-35H2,1-3H3. The first-order valence-corrected chi connectivity index (χ1v) is 25.0. The van der Waals surface area contributed by atoms with Crippen LogP contribution < -0.4 is 14.4 Å². The highest BCUT2D eigenvalue weighted by atomic mass is 32.2.